The van der Waals surface area contributed by atoms with Crippen molar-refractivity contribution < 1.29 is 14.4 Å². The van der Waals surface area contributed by atoms with Crippen molar-refractivity contribution in [3.8, 4) is 11.4 Å². The van der Waals surface area contributed by atoms with Crippen molar-refractivity contribution in [1.82, 2.24) is 25.0 Å². The Bertz CT molecular complexity index is 1210. The molecule has 1 saturated heterocycles. The normalized spacial score (nSPS) is 34.0. The van der Waals surface area contributed by atoms with E-state index in [0.29, 0.717) is 24.4 Å². The van der Waals surface area contributed by atoms with Crippen LogP contribution >= 0.6 is 0 Å². The molecule has 8 rings (SSSR count). The number of nitrogens with one attached hydrogen (secondary N) is 1. The summed E-state index contributed by atoms with van der Waals surface area (Å²) in [5, 5.41) is 7.18. The van der Waals surface area contributed by atoms with Crippen LogP contribution in [0, 0.1) is 17.8 Å². The maximum absolute atomic E-state index is 13.0. The largest absolute Gasteiger partial charge is 0.322 e. The van der Waals surface area contributed by atoms with Gasteiger partial charge in [0.25, 0.3) is 5.91 Å². The van der Waals surface area contributed by atoms with Crippen LogP contribution in [0.15, 0.2) is 18.2 Å². The van der Waals surface area contributed by atoms with E-state index in [-0.39, 0.29) is 29.6 Å². The highest BCUT2D eigenvalue weighted by Crippen LogP contribution is 2.60. The molecule has 4 bridgehead atoms. The molecule has 8 heteroatoms. The minimum Gasteiger partial charge on any atom is -0.322 e. The number of hydrogen-bond acceptors (Lipinski definition) is 5. The Morgan fingerprint density at radius 1 is 1.03 bits per heavy atom. The van der Waals surface area contributed by atoms with Crippen LogP contribution in [0.2, 0.25) is 0 Å². The number of imide groups is 1. The van der Waals surface area contributed by atoms with Crippen molar-refractivity contribution in [1.29, 1.82) is 0 Å². The molecule has 4 aliphatic carbocycles. The number of piperidine rings is 1. The van der Waals surface area contributed by atoms with E-state index in [1.54, 1.807) is 4.90 Å². The molecule has 3 amide bonds. The zero-order valence-corrected chi connectivity index (χ0v) is 19.4. The molecule has 0 spiro atoms. The highest BCUT2D eigenvalue weighted by molar-refractivity contribution is 6.05. The van der Waals surface area contributed by atoms with Crippen molar-refractivity contribution in [2.45, 2.75) is 69.4 Å². The van der Waals surface area contributed by atoms with Crippen molar-refractivity contribution >= 4 is 17.7 Å². The second-order valence-corrected chi connectivity index (χ2v) is 11.4. The summed E-state index contributed by atoms with van der Waals surface area (Å²) >= 11 is 0. The van der Waals surface area contributed by atoms with Crippen molar-refractivity contribution in [2.75, 3.05) is 0 Å². The molecule has 5 fully saturated rings. The Labute approximate surface area is 198 Å². The van der Waals surface area contributed by atoms with Crippen LogP contribution in [0.3, 0.4) is 0 Å². The van der Waals surface area contributed by atoms with E-state index in [4.69, 9.17) is 10.1 Å². The predicted molar refractivity (Wildman–Crippen MR) is 122 cm³/mol. The number of rotatable bonds is 3. The lowest BCUT2D eigenvalue weighted by Crippen LogP contribution is -2.52. The number of fused-ring (bicyclic) bond motifs is 1. The van der Waals surface area contributed by atoms with E-state index in [2.05, 4.69) is 5.32 Å². The summed E-state index contributed by atoms with van der Waals surface area (Å²) in [4.78, 5) is 43.5. The zero-order valence-electron chi connectivity index (χ0n) is 19.4. The lowest BCUT2D eigenvalue weighted by molar-refractivity contribution is -0.136. The van der Waals surface area contributed by atoms with Gasteiger partial charge in [-0.1, -0.05) is 6.07 Å². The SMILES string of the molecule is Cn1nc(-c2ccc3c(c2)CN(C2CCC(=O)NC2=O)C3=O)nc1C12CC3CC(CC(C3)C1)C2. The summed E-state index contributed by atoms with van der Waals surface area (Å²) in [6.45, 7) is 0.364. The summed E-state index contributed by atoms with van der Waals surface area (Å²) in [5.41, 5.74) is 2.58. The van der Waals surface area contributed by atoms with Gasteiger partial charge < -0.3 is 4.90 Å². The van der Waals surface area contributed by atoms with Gasteiger partial charge in [0.05, 0.1) is 0 Å². The first-order valence-corrected chi connectivity index (χ1v) is 12.6. The average Bonchev–Trinajstić information content (AvgIpc) is 3.33. The second kappa shape index (κ2) is 6.99. The first-order valence-electron chi connectivity index (χ1n) is 12.6. The first-order chi connectivity index (χ1) is 16.4. The summed E-state index contributed by atoms with van der Waals surface area (Å²) in [6, 6.07) is 5.15. The van der Waals surface area contributed by atoms with Gasteiger partial charge in [-0.2, -0.15) is 5.10 Å². The number of hydrogen-bond donors (Lipinski definition) is 1. The molecule has 1 N–H and O–H groups in total. The molecule has 4 saturated carbocycles. The Morgan fingerprint density at radius 2 is 1.74 bits per heavy atom. The molecular formula is C26H29N5O3. The fourth-order valence-corrected chi connectivity index (χ4v) is 8.07. The maximum Gasteiger partial charge on any atom is 0.255 e. The molecule has 3 heterocycles. The lowest BCUT2D eigenvalue weighted by Gasteiger charge is -2.56. The smallest absolute Gasteiger partial charge is 0.255 e. The molecule has 2 aromatic rings. The van der Waals surface area contributed by atoms with Gasteiger partial charge in [-0.05, 0) is 80.4 Å². The highest BCUT2D eigenvalue weighted by Gasteiger charge is 2.53. The molecule has 34 heavy (non-hydrogen) atoms. The minimum absolute atomic E-state index is 0.153. The van der Waals surface area contributed by atoms with Crippen LogP contribution < -0.4 is 5.32 Å². The Kier molecular flexibility index (Phi) is 4.19. The molecule has 1 unspecified atom stereocenters. The van der Waals surface area contributed by atoms with E-state index < -0.39 is 6.04 Å². The average molecular weight is 460 g/mol. The summed E-state index contributed by atoms with van der Waals surface area (Å²) < 4.78 is 2.00. The third-order valence-corrected chi connectivity index (χ3v) is 9.06. The van der Waals surface area contributed by atoms with E-state index in [9.17, 15) is 14.4 Å². The molecule has 6 aliphatic rings. The van der Waals surface area contributed by atoms with E-state index in [0.717, 1.165) is 34.7 Å². The Morgan fingerprint density at radius 3 is 2.41 bits per heavy atom. The lowest BCUT2D eigenvalue weighted by atomic mass is 9.49. The van der Waals surface area contributed by atoms with Gasteiger partial charge in [0.1, 0.15) is 11.9 Å². The molecule has 2 aliphatic heterocycles. The number of amides is 3. The maximum atomic E-state index is 13.0. The third-order valence-electron chi connectivity index (χ3n) is 9.06. The Hall–Kier alpha value is -3.03. The third kappa shape index (κ3) is 2.93. The van der Waals surface area contributed by atoms with Crippen LogP contribution in [-0.4, -0.2) is 43.4 Å². The molecule has 1 atom stereocenters. The van der Waals surface area contributed by atoms with Crippen LogP contribution in [0.25, 0.3) is 11.4 Å². The number of carbonyl (C=O) groups excluding carboxylic acids is 3. The molecule has 0 radical (unpaired) electrons. The fraction of sp³-hybridized carbons (Fsp3) is 0.577. The van der Waals surface area contributed by atoms with Crippen LogP contribution in [0.4, 0.5) is 0 Å². The highest BCUT2D eigenvalue weighted by atomic mass is 16.2. The van der Waals surface area contributed by atoms with Gasteiger partial charge in [-0.3, -0.25) is 24.4 Å². The topological polar surface area (TPSA) is 97.2 Å². The fourth-order valence-electron chi connectivity index (χ4n) is 8.07. The van der Waals surface area contributed by atoms with Crippen LogP contribution in [-0.2, 0) is 28.6 Å². The van der Waals surface area contributed by atoms with Gasteiger partial charge in [-0.25, -0.2) is 4.98 Å². The number of nitrogens with zero attached hydrogens (tertiary/aromatic N) is 4. The minimum atomic E-state index is -0.600. The quantitative estimate of drug-likeness (QED) is 0.712. The van der Waals surface area contributed by atoms with Gasteiger partial charge in [0.2, 0.25) is 11.8 Å². The monoisotopic (exact) mass is 459 g/mol. The van der Waals surface area contributed by atoms with Crippen molar-refractivity contribution in [3.05, 3.63) is 35.2 Å². The Balaban J connectivity index is 1.18. The van der Waals surface area contributed by atoms with Crippen molar-refractivity contribution in [2.24, 2.45) is 24.8 Å². The second-order valence-electron chi connectivity index (χ2n) is 11.4. The summed E-state index contributed by atoms with van der Waals surface area (Å²) in [5.74, 6) is 3.56. The number of carbonyl (C=O) groups is 3. The van der Waals surface area contributed by atoms with Crippen molar-refractivity contribution in [3.63, 3.8) is 0 Å². The summed E-state index contributed by atoms with van der Waals surface area (Å²) in [7, 11) is 2.02. The van der Waals surface area contributed by atoms with Gasteiger partial charge >= 0.3 is 0 Å². The molecular weight excluding hydrogens is 430 g/mol. The van der Waals surface area contributed by atoms with E-state index >= 15 is 0 Å². The molecule has 8 nitrogen and oxygen atoms in total. The van der Waals surface area contributed by atoms with E-state index in [1.807, 2.05) is 29.9 Å². The van der Waals surface area contributed by atoms with Gasteiger partial charge in [-0.15, -0.1) is 0 Å². The summed E-state index contributed by atoms with van der Waals surface area (Å²) in [6.07, 6.45) is 8.53. The van der Waals surface area contributed by atoms with E-state index in [1.165, 1.54) is 38.5 Å². The zero-order chi connectivity index (χ0) is 23.2. The standard InChI is InChI=1S/C26H29N5O3/c1-30-25(26-10-14-6-15(11-26)8-16(7-14)12-26)28-22(29-30)17-2-3-19-18(9-17)13-31(24(19)34)20-4-5-21(32)27-23(20)33/h2-3,9,14-16,20H,4-8,10-13H2,1H3,(H,27,32,33). The van der Waals surface area contributed by atoms with Gasteiger partial charge in [0, 0.05) is 36.6 Å². The number of aryl methyl sites for hydroxylation is 1. The molecule has 176 valence electrons. The first kappa shape index (κ1) is 20.4. The number of aromatic nitrogens is 3. The van der Waals surface area contributed by atoms with Gasteiger partial charge in [0.15, 0.2) is 5.82 Å². The molecule has 1 aromatic heterocycles. The predicted octanol–water partition coefficient (Wildman–Crippen LogP) is 2.71. The van der Waals surface area contributed by atoms with Crippen LogP contribution in [0.1, 0.15) is 73.1 Å². The number of benzene rings is 1. The van der Waals surface area contributed by atoms with Crippen LogP contribution in [0.5, 0.6) is 0 Å². The molecule has 1 aromatic carbocycles.